The van der Waals surface area contributed by atoms with Crippen LogP contribution in [0.3, 0.4) is 0 Å². The van der Waals surface area contributed by atoms with E-state index < -0.39 is 0 Å². The van der Waals surface area contributed by atoms with Gasteiger partial charge in [0.25, 0.3) is 0 Å². The molecule has 1 unspecified atom stereocenters. The average molecular weight is 359 g/mol. The molecule has 0 aliphatic carbocycles. The van der Waals surface area contributed by atoms with E-state index in [2.05, 4.69) is 19.1 Å². The van der Waals surface area contributed by atoms with Gasteiger partial charge in [0.2, 0.25) is 0 Å². The largest absolute Gasteiger partial charge is 0.461 e. The third-order valence-corrected chi connectivity index (χ3v) is 4.26. The molecule has 0 aromatic carbocycles. The Bertz CT molecular complexity index is 329. The van der Waals surface area contributed by atoms with E-state index in [-0.39, 0.29) is 18.0 Å². The number of halogens is 1. The quantitative estimate of drug-likeness (QED) is 0.105. The van der Waals surface area contributed by atoms with Crippen LogP contribution in [-0.4, -0.2) is 24.2 Å². The van der Waals surface area contributed by atoms with Gasteiger partial charge >= 0.3 is 5.97 Å². The molecule has 0 bridgehead atoms. The number of rotatable bonds is 17. The summed E-state index contributed by atoms with van der Waals surface area (Å²) >= 11 is 5.53. The van der Waals surface area contributed by atoms with Gasteiger partial charge in [0.15, 0.2) is 0 Å². The van der Waals surface area contributed by atoms with Crippen LogP contribution in [0.2, 0.25) is 0 Å². The standard InChI is InChI=1S/C20H35ClO3/c1-2-3-4-12-15-19(24-20(23)18-21)16-13-10-8-6-5-7-9-11-14-17-22/h10,13,17,19H,2-9,11-12,14-16,18H2,1H3/b13-10+. The minimum Gasteiger partial charge on any atom is -0.461 e. The van der Waals surface area contributed by atoms with Gasteiger partial charge in [-0.3, -0.25) is 4.79 Å². The van der Waals surface area contributed by atoms with Crippen LogP contribution in [0.15, 0.2) is 12.2 Å². The molecule has 0 N–H and O–H groups in total. The predicted octanol–water partition coefficient (Wildman–Crippen LogP) is 5.98. The molecule has 4 heteroatoms. The fourth-order valence-electron chi connectivity index (χ4n) is 2.63. The van der Waals surface area contributed by atoms with Gasteiger partial charge in [0.1, 0.15) is 18.3 Å². The summed E-state index contributed by atoms with van der Waals surface area (Å²) in [5.74, 6) is -0.389. The molecule has 0 saturated heterocycles. The molecule has 0 saturated carbocycles. The van der Waals surface area contributed by atoms with Gasteiger partial charge < -0.3 is 9.53 Å². The molecule has 0 rings (SSSR count). The van der Waals surface area contributed by atoms with E-state index in [4.69, 9.17) is 16.3 Å². The summed E-state index contributed by atoms with van der Waals surface area (Å²) in [6, 6.07) is 0. The Morgan fingerprint density at radius 2 is 1.62 bits per heavy atom. The van der Waals surface area contributed by atoms with E-state index >= 15 is 0 Å². The first kappa shape index (κ1) is 23.2. The molecule has 0 aliphatic rings. The van der Waals surface area contributed by atoms with Gasteiger partial charge in [0, 0.05) is 12.8 Å². The number of allylic oxidation sites excluding steroid dienone is 1. The van der Waals surface area contributed by atoms with Crippen LogP contribution in [0.5, 0.6) is 0 Å². The highest BCUT2D eigenvalue weighted by atomic mass is 35.5. The number of esters is 1. The van der Waals surface area contributed by atoms with Crippen LogP contribution < -0.4 is 0 Å². The Kier molecular flexibility index (Phi) is 17.9. The zero-order valence-electron chi connectivity index (χ0n) is 15.3. The summed E-state index contributed by atoms with van der Waals surface area (Å²) in [4.78, 5) is 21.6. The number of unbranched alkanes of at least 4 members (excludes halogenated alkanes) is 9. The molecule has 3 nitrogen and oxygen atoms in total. The number of carbonyl (C=O) groups excluding carboxylic acids is 2. The van der Waals surface area contributed by atoms with Crippen LogP contribution in [0.4, 0.5) is 0 Å². The van der Waals surface area contributed by atoms with E-state index in [1.54, 1.807) is 0 Å². The topological polar surface area (TPSA) is 43.4 Å². The lowest BCUT2D eigenvalue weighted by molar-refractivity contribution is -0.146. The first-order valence-electron chi connectivity index (χ1n) is 9.58. The molecule has 0 spiro atoms. The fourth-order valence-corrected chi connectivity index (χ4v) is 2.69. The number of aldehydes is 1. The van der Waals surface area contributed by atoms with Crippen molar-refractivity contribution < 1.29 is 14.3 Å². The van der Waals surface area contributed by atoms with Crippen molar-refractivity contribution in [2.24, 2.45) is 0 Å². The highest BCUT2D eigenvalue weighted by Gasteiger charge is 2.11. The third kappa shape index (κ3) is 16.0. The van der Waals surface area contributed by atoms with Crippen LogP contribution in [-0.2, 0) is 14.3 Å². The lowest BCUT2D eigenvalue weighted by Gasteiger charge is -2.15. The molecular formula is C20H35ClO3. The molecule has 0 aliphatic heterocycles. The van der Waals surface area contributed by atoms with Crippen molar-refractivity contribution in [3.8, 4) is 0 Å². The molecular weight excluding hydrogens is 324 g/mol. The first-order chi connectivity index (χ1) is 11.7. The number of alkyl halides is 1. The minimum atomic E-state index is -0.319. The van der Waals surface area contributed by atoms with Crippen molar-refractivity contribution in [3.05, 3.63) is 12.2 Å². The summed E-state index contributed by atoms with van der Waals surface area (Å²) in [6.07, 6.45) is 19.3. The first-order valence-corrected chi connectivity index (χ1v) is 10.1. The molecule has 0 radical (unpaired) electrons. The maximum Gasteiger partial charge on any atom is 0.321 e. The lowest BCUT2D eigenvalue weighted by atomic mass is 10.1. The Hall–Kier alpha value is -0.830. The SMILES string of the molecule is CCCCCCC(C/C=C/CCCCCCCC=O)OC(=O)CCl. The molecule has 0 heterocycles. The van der Waals surface area contributed by atoms with Crippen molar-refractivity contribution in [3.63, 3.8) is 0 Å². The highest BCUT2D eigenvalue weighted by molar-refractivity contribution is 6.26. The summed E-state index contributed by atoms with van der Waals surface area (Å²) in [5, 5.41) is 0. The fraction of sp³-hybridized carbons (Fsp3) is 0.800. The smallest absolute Gasteiger partial charge is 0.321 e. The van der Waals surface area contributed by atoms with Crippen molar-refractivity contribution in [1.29, 1.82) is 0 Å². The zero-order chi connectivity index (χ0) is 17.9. The van der Waals surface area contributed by atoms with Crippen LogP contribution in [0.1, 0.15) is 90.4 Å². The molecule has 140 valence electrons. The van der Waals surface area contributed by atoms with Crippen molar-refractivity contribution >= 4 is 23.9 Å². The molecule has 24 heavy (non-hydrogen) atoms. The molecule has 0 aromatic rings. The Morgan fingerprint density at radius 1 is 0.958 bits per heavy atom. The monoisotopic (exact) mass is 358 g/mol. The summed E-state index contributed by atoms with van der Waals surface area (Å²) < 4.78 is 5.41. The van der Waals surface area contributed by atoms with E-state index in [1.165, 1.54) is 38.5 Å². The van der Waals surface area contributed by atoms with Gasteiger partial charge in [-0.15, -0.1) is 11.6 Å². The summed E-state index contributed by atoms with van der Waals surface area (Å²) in [5.41, 5.74) is 0. The number of hydrogen-bond acceptors (Lipinski definition) is 3. The second-order valence-corrected chi connectivity index (χ2v) is 6.58. The van der Waals surface area contributed by atoms with Crippen LogP contribution in [0.25, 0.3) is 0 Å². The second kappa shape index (κ2) is 18.5. The maximum absolute atomic E-state index is 11.4. The Balaban J connectivity index is 3.80. The van der Waals surface area contributed by atoms with E-state index in [0.717, 1.165) is 44.8 Å². The second-order valence-electron chi connectivity index (χ2n) is 6.31. The number of carbonyl (C=O) groups is 2. The predicted molar refractivity (Wildman–Crippen MR) is 101 cm³/mol. The van der Waals surface area contributed by atoms with E-state index in [1.807, 2.05) is 0 Å². The molecule has 0 aromatic heterocycles. The van der Waals surface area contributed by atoms with Crippen LogP contribution >= 0.6 is 11.6 Å². The van der Waals surface area contributed by atoms with Crippen molar-refractivity contribution in [1.82, 2.24) is 0 Å². The average Bonchev–Trinajstić information content (AvgIpc) is 2.59. The normalized spacial score (nSPS) is 12.4. The van der Waals surface area contributed by atoms with E-state index in [9.17, 15) is 9.59 Å². The Labute approximate surface area is 153 Å². The summed E-state index contributed by atoms with van der Waals surface area (Å²) in [7, 11) is 0. The van der Waals surface area contributed by atoms with Crippen molar-refractivity contribution in [2.45, 2.75) is 96.5 Å². The summed E-state index contributed by atoms with van der Waals surface area (Å²) in [6.45, 7) is 2.19. The number of ether oxygens (including phenoxy) is 1. The van der Waals surface area contributed by atoms with Gasteiger partial charge in [-0.2, -0.15) is 0 Å². The van der Waals surface area contributed by atoms with Crippen LogP contribution in [0, 0.1) is 0 Å². The lowest BCUT2D eigenvalue weighted by Crippen LogP contribution is -2.18. The zero-order valence-corrected chi connectivity index (χ0v) is 16.1. The van der Waals surface area contributed by atoms with E-state index in [0.29, 0.717) is 6.42 Å². The van der Waals surface area contributed by atoms with Gasteiger partial charge in [-0.05, 0) is 32.1 Å². The van der Waals surface area contributed by atoms with Gasteiger partial charge in [0.05, 0.1) is 0 Å². The third-order valence-electron chi connectivity index (χ3n) is 4.05. The number of hydrogen-bond donors (Lipinski definition) is 0. The van der Waals surface area contributed by atoms with Crippen molar-refractivity contribution in [2.75, 3.05) is 5.88 Å². The maximum atomic E-state index is 11.4. The highest BCUT2D eigenvalue weighted by Crippen LogP contribution is 2.13. The Morgan fingerprint density at radius 3 is 2.29 bits per heavy atom. The van der Waals surface area contributed by atoms with Gasteiger partial charge in [-0.25, -0.2) is 0 Å². The minimum absolute atomic E-state index is 0.0345. The molecule has 1 atom stereocenters. The molecule has 0 fully saturated rings. The van der Waals surface area contributed by atoms with Gasteiger partial charge in [-0.1, -0.05) is 57.6 Å². The molecule has 0 amide bonds.